The number of hydrogen-bond donors (Lipinski definition) is 0. The molecule has 0 saturated heterocycles. The molecule has 0 aliphatic heterocycles. The third kappa shape index (κ3) is 4.17. The van der Waals surface area contributed by atoms with Crippen molar-refractivity contribution in [3.8, 4) is 33.6 Å². The Morgan fingerprint density at radius 2 is 0.922 bits per heavy atom. The lowest BCUT2D eigenvalue weighted by Crippen LogP contribution is -1.95. The second kappa shape index (κ2) is 10.8. The zero-order valence-electron chi connectivity index (χ0n) is 27.5. The van der Waals surface area contributed by atoms with Crippen LogP contribution in [0.15, 0.2) is 180 Å². The highest BCUT2D eigenvalue weighted by atomic mass is 16.3. The van der Waals surface area contributed by atoms with Gasteiger partial charge in [-0.2, -0.15) is 0 Å². The van der Waals surface area contributed by atoms with Crippen LogP contribution in [0, 0.1) is 0 Å². The molecule has 0 aliphatic rings. The summed E-state index contributed by atoms with van der Waals surface area (Å²) in [5.74, 6) is 0. The predicted molar refractivity (Wildman–Crippen MR) is 211 cm³/mol. The highest BCUT2D eigenvalue weighted by Gasteiger charge is 2.20. The van der Waals surface area contributed by atoms with E-state index in [1.165, 1.54) is 49.2 Å². The number of rotatable bonds is 4. The van der Waals surface area contributed by atoms with Crippen molar-refractivity contribution in [3.05, 3.63) is 176 Å². The maximum Gasteiger partial charge on any atom is 0.153 e. The maximum absolute atomic E-state index is 6.20. The third-order valence-electron chi connectivity index (χ3n) is 10.4. The summed E-state index contributed by atoms with van der Waals surface area (Å²) in [6.07, 6.45) is 1.83. The van der Waals surface area contributed by atoms with Crippen LogP contribution in [0.4, 0.5) is 0 Å². The average molecular weight is 652 g/mol. The van der Waals surface area contributed by atoms with Gasteiger partial charge in [0, 0.05) is 44.5 Å². The predicted octanol–water partition coefficient (Wildman–Crippen LogP) is 12.5. The van der Waals surface area contributed by atoms with Crippen LogP contribution in [0.1, 0.15) is 0 Å². The van der Waals surface area contributed by atoms with Gasteiger partial charge in [-0.1, -0.05) is 84.9 Å². The van der Waals surface area contributed by atoms with Crippen molar-refractivity contribution in [2.45, 2.75) is 0 Å². The Morgan fingerprint density at radius 1 is 0.373 bits per heavy atom. The van der Waals surface area contributed by atoms with Gasteiger partial charge in [0.15, 0.2) is 5.58 Å². The van der Waals surface area contributed by atoms with Crippen LogP contribution in [0.3, 0.4) is 0 Å². The maximum atomic E-state index is 6.20. The van der Waals surface area contributed by atoms with Crippen molar-refractivity contribution in [3.63, 3.8) is 0 Å². The summed E-state index contributed by atoms with van der Waals surface area (Å²) in [4.78, 5) is 4.70. The molecule has 0 spiro atoms. The van der Waals surface area contributed by atoms with E-state index in [4.69, 9.17) is 9.40 Å². The minimum atomic E-state index is 0.798. The Labute approximate surface area is 293 Å². The van der Waals surface area contributed by atoms with Gasteiger partial charge in [0.05, 0.1) is 22.1 Å². The Hall–Kier alpha value is -6.91. The van der Waals surface area contributed by atoms with E-state index in [1.54, 1.807) is 0 Å². The number of furan rings is 1. The van der Waals surface area contributed by atoms with Crippen molar-refractivity contribution < 1.29 is 4.42 Å². The first-order chi connectivity index (χ1) is 25.3. The number of benzene rings is 7. The normalized spacial score (nSPS) is 11.9. The summed E-state index contributed by atoms with van der Waals surface area (Å²) in [6, 6.07) is 60.9. The van der Waals surface area contributed by atoms with Gasteiger partial charge < -0.3 is 13.6 Å². The lowest BCUT2D eigenvalue weighted by molar-refractivity contribution is 0.668. The van der Waals surface area contributed by atoms with E-state index < -0.39 is 0 Å². The molecule has 51 heavy (non-hydrogen) atoms. The minimum Gasteiger partial charge on any atom is -0.454 e. The second-order valence-corrected chi connectivity index (χ2v) is 13.2. The SMILES string of the molecule is c1ccc(-n2c3ccccc3c3cc(-c4cc5c(cc4-c4ccc6oc7cccnc7c6c4)c4ccccc4n5-c4ccccc4)ccc32)cc1. The van der Waals surface area contributed by atoms with Gasteiger partial charge in [-0.25, -0.2) is 0 Å². The lowest BCUT2D eigenvalue weighted by Gasteiger charge is -2.14. The molecule has 4 heteroatoms. The molecule has 0 fully saturated rings. The number of nitrogens with zero attached hydrogens (tertiary/aromatic N) is 3. The topological polar surface area (TPSA) is 35.9 Å². The molecule has 0 radical (unpaired) electrons. The van der Waals surface area contributed by atoms with Gasteiger partial charge in [0.2, 0.25) is 0 Å². The van der Waals surface area contributed by atoms with Crippen LogP contribution in [0.2, 0.25) is 0 Å². The van der Waals surface area contributed by atoms with Gasteiger partial charge in [-0.05, 0) is 107 Å². The smallest absolute Gasteiger partial charge is 0.153 e. The van der Waals surface area contributed by atoms with Crippen LogP contribution in [0.5, 0.6) is 0 Å². The first-order valence-corrected chi connectivity index (χ1v) is 17.3. The molecular formula is C47H29N3O. The van der Waals surface area contributed by atoms with Crippen molar-refractivity contribution in [2.24, 2.45) is 0 Å². The second-order valence-electron chi connectivity index (χ2n) is 13.2. The molecule has 7 aromatic carbocycles. The van der Waals surface area contributed by atoms with Crippen LogP contribution in [-0.2, 0) is 0 Å². The Morgan fingerprint density at radius 3 is 1.63 bits per heavy atom. The van der Waals surface area contributed by atoms with Crippen molar-refractivity contribution in [1.29, 1.82) is 0 Å². The molecule has 0 amide bonds. The summed E-state index contributed by atoms with van der Waals surface area (Å²) in [6.45, 7) is 0. The van der Waals surface area contributed by atoms with E-state index in [1.807, 2.05) is 18.3 Å². The quantitative estimate of drug-likeness (QED) is 0.190. The summed E-state index contributed by atoms with van der Waals surface area (Å²) in [5.41, 5.74) is 14.2. The zero-order chi connectivity index (χ0) is 33.5. The highest BCUT2D eigenvalue weighted by molar-refractivity contribution is 6.15. The van der Waals surface area contributed by atoms with Crippen LogP contribution < -0.4 is 0 Å². The largest absolute Gasteiger partial charge is 0.454 e. The van der Waals surface area contributed by atoms with Crippen LogP contribution >= 0.6 is 0 Å². The van der Waals surface area contributed by atoms with Gasteiger partial charge in [0.25, 0.3) is 0 Å². The van der Waals surface area contributed by atoms with Crippen LogP contribution in [-0.4, -0.2) is 14.1 Å². The van der Waals surface area contributed by atoms with Gasteiger partial charge in [-0.3, -0.25) is 4.98 Å². The monoisotopic (exact) mass is 651 g/mol. The molecule has 11 aromatic rings. The molecule has 4 nitrogen and oxygen atoms in total. The highest BCUT2D eigenvalue weighted by Crippen LogP contribution is 2.43. The van der Waals surface area contributed by atoms with Crippen LogP contribution in [0.25, 0.3) is 99.3 Å². The van der Waals surface area contributed by atoms with Gasteiger partial charge in [0.1, 0.15) is 11.1 Å². The first-order valence-electron chi connectivity index (χ1n) is 17.3. The standard InChI is InChI=1S/C47H29N3O/c1-3-12-32(13-4-1)49-41-18-9-7-16-34(41)38-26-30(21-23-43(38)49)37-29-44-39(35-17-8-10-19-42(35)50(44)33-14-5-2-6-15-33)28-36(37)31-22-24-45-40(27-31)47-46(51-45)20-11-25-48-47/h1-29H. The number of pyridine rings is 1. The van der Waals surface area contributed by atoms with Gasteiger partial charge in [-0.15, -0.1) is 0 Å². The van der Waals surface area contributed by atoms with E-state index in [2.05, 4.69) is 167 Å². The van der Waals surface area contributed by atoms with Gasteiger partial charge >= 0.3 is 0 Å². The summed E-state index contributed by atoms with van der Waals surface area (Å²) < 4.78 is 11.0. The summed E-state index contributed by atoms with van der Waals surface area (Å²) >= 11 is 0. The number of fused-ring (bicyclic) bond motifs is 9. The summed E-state index contributed by atoms with van der Waals surface area (Å²) in [7, 11) is 0. The molecule has 0 bridgehead atoms. The molecule has 0 N–H and O–H groups in total. The van der Waals surface area contributed by atoms with E-state index in [0.717, 1.165) is 50.1 Å². The molecular weight excluding hydrogens is 623 g/mol. The van der Waals surface area contributed by atoms with Crippen molar-refractivity contribution in [1.82, 2.24) is 14.1 Å². The Bertz CT molecular complexity index is 3130. The number of aromatic nitrogens is 3. The molecule has 11 rings (SSSR count). The third-order valence-corrected chi connectivity index (χ3v) is 10.4. The minimum absolute atomic E-state index is 0.798. The lowest BCUT2D eigenvalue weighted by atomic mass is 9.91. The fourth-order valence-corrected chi connectivity index (χ4v) is 8.11. The van der Waals surface area contributed by atoms with E-state index in [0.29, 0.717) is 0 Å². The van der Waals surface area contributed by atoms with Crippen molar-refractivity contribution in [2.75, 3.05) is 0 Å². The summed E-state index contributed by atoms with van der Waals surface area (Å²) in [5, 5.41) is 5.91. The first kappa shape index (κ1) is 28.0. The zero-order valence-corrected chi connectivity index (χ0v) is 27.5. The molecule has 0 atom stereocenters. The van der Waals surface area contributed by atoms with Crippen molar-refractivity contribution >= 4 is 65.7 Å². The Balaban J connectivity index is 1.24. The molecule has 0 unspecified atom stereocenters. The van der Waals surface area contributed by atoms with E-state index in [9.17, 15) is 0 Å². The molecule has 4 aromatic heterocycles. The fraction of sp³-hybridized carbons (Fsp3) is 0. The molecule has 0 aliphatic carbocycles. The molecule has 4 heterocycles. The number of hydrogen-bond acceptors (Lipinski definition) is 2. The fourth-order valence-electron chi connectivity index (χ4n) is 8.11. The average Bonchev–Trinajstić information content (AvgIpc) is 3.85. The van der Waals surface area contributed by atoms with E-state index in [-0.39, 0.29) is 0 Å². The molecule has 238 valence electrons. The number of para-hydroxylation sites is 4. The van der Waals surface area contributed by atoms with E-state index >= 15 is 0 Å². The molecule has 0 saturated carbocycles. The Kier molecular flexibility index (Phi) is 5.92.